The van der Waals surface area contributed by atoms with Crippen LogP contribution in [0.15, 0.2) is 47.9 Å². The predicted octanol–water partition coefficient (Wildman–Crippen LogP) is 2.93. The second-order valence-electron chi connectivity index (χ2n) is 4.78. The summed E-state index contributed by atoms with van der Waals surface area (Å²) in [6.07, 6.45) is -1.99. The molecule has 0 aliphatic heterocycles. The third kappa shape index (κ3) is 3.70. The highest BCUT2D eigenvalue weighted by Gasteiger charge is 2.48. The Morgan fingerprint density at radius 2 is 1.67 bits per heavy atom. The van der Waals surface area contributed by atoms with Crippen molar-refractivity contribution < 1.29 is 26.0 Å². The minimum absolute atomic E-state index is 0.291. The van der Waals surface area contributed by atoms with Crippen LogP contribution in [0.25, 0.3) is 0 Å². The first-order valence-electron chi connectivity index (χ1n) is 6.77. The number of hydrogen-bond donors (Lipinski definition) is 0. The molecule has 0 N–H and O–H groups in total. The highest BCUT2D eigenvalue weighted by atomic mass is 32.2. The predicted molar refractivity (Wildman–Crippen MR) is 76.8 cm³/mol. The molecule has 130 valence electrons. The second-order valence-corrected chi connectivity index (χ2v) is 6.67. The van der Waals surface area contributed by atoms with Crippen molar-refractivity contribution in [3.8, 4) is 0 Å². The number of sulfonamides is 1. The van der Waals surface area contributed by atoms with Crippen LogP contribution in [0.2, 0.25) is 0 Å². The van der Waals surface area contributed by atoms with Crippen molar-refractivity contribution in [2.24, 2.45) is 0 Å². The summed E-state index contributed by atoms with van der Waals surface area (Å²) < 4.78 is 79.1. The van der Waals surface area contributed by atoms with Gasteiger partial charge in [0.25, 0.3) is 0 Å². The Morgan fingerprint density at radius 3 is 2.12 bits per heavy atom. The smallest absolute Gasteiger partial charge is 0.243 e. The Kier molecular flexibility index (Phi) is 5.19. The van der Waals surface area contributed by atoms with E-state index < -0.39 is 39.5 Å². The minimum atomic E-state index is -4.89. The van der Waals surface area contributed by atoms with Gasteiger partial charge in [0.1, 0.15) is 23.1 Å². The molecule has 0 unspecified atom stereocenters. The van der Waals surface area contributed by atoms with E-state index in [2.05, 4.69) is 9.97 Å². The Labute approximate surface area is 136 Å². The number of rotatable bonds is 5. The first-order valence-corrected chi connectivity index (χ1v) is 8.21. The number of hydrogen-bond acceptors (Lipinski definition) is 4. The molecule has 0 amide bonds. The lowest BCUT2D eigenvalue weighted by atomic mass is 10.1. The van der Waals surface area contributed by atoms with E-state index in [1.54, 1.807) is 0 Å². The molecule has 2 rings (SSSR count). The van der Waals surface area contributed by atoms with E-state index >= 15 is 0 Å². The number of aromatic nitrogens is 2. The van der Waals surface area contributed by atoms with Crippen LogP contribution in [0.1, 0.15) is 18.5 Å². The molecule has 1 atom stereocenters. The molecule has 0 fully saturated rings. The molecule has 0 radical (unpaired) electrons. The van der Waals surface area contributed by atoms with Crippen molar-refractivity contribution >= 4 is 10.0 Å². The van der Waals surface area contributed by atoms with Gasteiger partial charge in [0.15, 0.2) is 0 Å². The average Bonchev–Trinajstić information content (AvgIpc) is 2.53. The lowest BCUT2D eigenvalue weighted by Gasteiger charge is -2.31. The molecule has 1 heterocycles. The fourth-order valence-corrected chi connectivity index (χ4v) is 3.73. The molecule has 5 nitrogen and oxygen atoms in total. The summed E-state index contributed by atoms with van der Waals surface area (Å²) in [7, 11) is -4.50. The Bertz CT molecular complexity index is 780. The molecule has 0 aliphatic carbocycles. The van der Waals surface area contributed by atoms with Crippen molar-refractivity contribution in [1.29, 1.82) is 0 Å². The zero-order valence-corrected chi connectivity index (χ0v) is 13.2. The van der Waals surface area contributed by atoms with Crippen LogP contribution in [0.5, 0.6) is 0 Å². The normalized spacial score (nSPS) is 13.9. The molecule has 0 saturated carbocycles. The standard InChI is InChI=1S/C14H13F4N3O2S/c1-2-21(24(22,23)12-7-19-9-20-8-12)13(14(16,17)18)10-3-5-11(15)6-4-10/h3-9,13H,2H2,1H3/t13-/m1/s1. The maximum Gasteiger partial charge on any atom is 0.409 e. The monoisotopic (exact) mass is 363 g/mol. The summed E-state index contributed by atoms with van der Waals surface area (Å²) in [5.41, 5.74) is -0.383. The van der Waals surface area contributed by atoms with Gasteiger partial charge in [-0.1, -0.05) is 19.1 Å². The van der Waals surface area contributed by atoms with Gasteiger partial charge in [0.2, 0.25) is 10.0 Å². The highest BCUT2D eigenvalue weighted by Crippen LogP contribution is 2.40. The topological polar surface area (TPSA) is 63.2 Å². The lowest BCUT2D eigenvalue weighted by molar-refractivity contribution is -0.173. The molecule has 24 heavy (non-hydrogen) atoms. The molecule has 1 aromatic heterocycles. The van der Waals surface area contributed by atoms with E-state index in [1.807, 2.05) is 0 Å². The van der Waals surface area contributed by atoms with Crippen LogP contribution in [0.4, 0.5) is 17.6 Å². The first-order chi connectivity index (χ1) is 11.2. The van der Waals surface area contributed by atoms with Gasteiger partial charge < -0.3 is 0 Å². The van der Waals surface area contributed by atoms with E-state index in [-0.39, 0.29) is 5.56 Å². The maximum absolute atomic E-state index is 13.6. The summed E-state index contributed by atoms with van der Waals surface area (Å²) in [5, 5.41) is 0. The van der Waals surface area contributed by atoms with E-state index in [0.29, 0.717) is 4.31 Å². The van der Waals surface area contributed by atoms with Gasteiger partial charge in [-0.3, -0.25) is 0 Å². The molecule has 0 bridgehead atoms. The number of alkyl halides is 3. The van der Waals surface area contributed by atoms with Crippen LogP contribution < -0.4 is 0 Å². The lowest BCUT2D eigenvalue weighted by Crippen LogP contribution is -2.42. The van der Waals surface area contributed by atoms with E-state index in [4.69, 9.17) is 0 Å². The number of halogens is 4. The van der Waals surface area contributed by atoms with E-state index in [9.17, 15) is 26.0 Å². The van der Waals surface area contributed by atoms with Crippen LogP contribution in [0.3, 0.4) is 0 Å². The van der Waals surface area contributed by atoms with Crippen LogP contribution in [-0.2, 0) is 10.0 Å². The molecule has 0 saturated heterocycles. The van der Waals surface area contributed by atoms with Gasteiger partial charge in [0.05, 0.1) is 12.4 Å². The van der Waals surface area contributed by atoms with Crippen molar-refractivity contribution in [2.75, 3.05) is 6.54 Å². The SMILES string of the molecule is CCN([C@H](c1ccc(F)cc1)C(F)(F)F)S(=O)(=O)c1cncnc1. The minimum Gasteiger partial charge on any atom is -0.243 e. The summed E-state index contributed by atoms with van der Waals surface area (Å²) in [4.78, 5) is 6.60. The van der Waals surface area contributed by atoms with E-state index in [0.717, 1.165) is 43.0 Å². The largest absolute Gasteiger partial charge is 0.409 e. The highest BCUT2D eigenvalue weighted by molar-refractivity contribution is 7.89. The quantitative estimate of drug-likeness (QED) is 0.767. The molecule has 0 aliphatic rings. The summed E-state index contributed by atoms with van der Waals surface area (Å²) in [6.45, 7) is 0.836. The van der Waals surface area contributed by atoms with Crippen LogP contribution in [0, 0.1) is 5.82 Å². The van der Waals surface area contributed by atoms with Gasteiger partial charge in [-0.2, -0.15) is 17.5 Å². The number of benzene rings is 1. The van der Waals surface area contributed by atoms with Crippen molar-refractivity contribution in [3.05, 3.63) is 54.4 Å². The maximum atomic E-state index is 13.6. The molecule has 1 aromatic carbocycles. The first kappa shape index (κ1) is 18.3. The molecular weight excluding hydrogens is 350 g/mol. The zero-order chi connectivity index (χ0) is 18.0. The Morgan fingerprint density at radius 1 is 1.12 bits per heavy atom. The Balaban J connectivity index is 2.57. The van der Waals surface area contributed by atoms with Crippen molar-refractivity contribution in [3.63, 3.8) is 0 Å². The molecule has 0 spiro atoms. The summed E-state index contributed by atoms with van der Waals surface area (Å²) >= 11 is 0. The van der Waals surface area contributed by atoms with E-state index in [1.165, 1.54) is 6.92 Å². The van der Waals surface area contributed by atoms with Crippen molar-refractivity contribution in [1.82, 2.24) is 14.3 Å². The average molecular weight is 363 g/mol. The zero-order valence-electron chi connectivity index (χ0n) is 12.4. The molecule has 2 aromatic rings. The van der Waals surface area contributed by atoms with Gasteiger partial charge >= 0.3 is 6.18 Å². The Hall–Kier alpha value is -2.07. The molecule has 10 heteroatoms. The van der Waals surface area contributed by atoms with Gasteiger partial charge in [0, 0.05) is 6.54 Å². The van der Waals surface area contributed by atoms with Crippen molar-refractivity contribution in [2.45, 2.75) is 24.0 Å². The third-order valence-corrected chi connectivity index (χ3v) is 5.13. The fourth-order valence-electron chi connectivity index (χ4n) is 2.21. The fraction of sp³-hybridized carbons (Fsp3) is 0.286. The third-order valence-electron chi connectivity index (χ3n) is 3.24. The number of nitrogens with zero attached hydrogens (tertiary/aromatic N) is 3. The second kappa shape index (κ2) is 6.81. The van der Waals surface area contributed by atoms with Gasteiger partial charge in [-0.05, 0) is 17.7 Å². The summed E-state index contributed by atoms with van der Waals surface area (Å²) in [5.74, 6) is -0.720. The summed E-state index contributed by atoms with van der Waals surface area (Å²) in [6, 6.07) is 1.06. The van der Waals surface area contributed by atoms with Gasteiger partial charge in [-0.15, -0.1) is 0 Å². The molecular formula is C14H13F4N3O2S. The van der Waals surface area contributed by atoms with Crippen LogP contribution in [-0.4, -0.2) is 35.4 Å². The van der Waals surface area contributed by atoms with Crippen LogP contribution >= 0.6 is 0 Å². The van der Waals surface area contributed by atoms with Gasteiger partial charge in [-0.25, -0.2) is 22.8 Å².